The largest absolute Gasteiger partial charge is 0.502 e. The molecule has 140 valence electrons. The molecule has 0 unspecified atom stereocenters. The maximum atomic E-state index is 12.5. The Morgan fingerprint density at radius 2 is 1.93 bits per heavy atom. The number of amides is 1. The molecule has 8 heteroatoms. The number of benzene rings is 2. The predicted octanol–water partition coefficient (Wildman–Crippen LogP) is 3.49. The van der Waals surface area contributed by atoms with E-state index in [0.717, 1.165) is 5.56 Å². The van der Waals surface area contributed by atoms with Crippen molar-refractivity contribution >= 4 is 45.7 Å². The first-order valence-corrected chi connectivity index (χ1v) is 8.99. The highest BCUT2D eigenvalue weighted by Crippen LogP contribution is 2.25. The van der Waals surface area contributed by atoms with E-state index in [9.17, 15) is 14.7 Å². The van der Waals surface area contributed by atoms with Crippen LogP contribution in [0.5, 0.6) is 5.75 Å². The average Bonchev–Trinajstić information content (AvgIpc) is 2.63. The molecule has 0 fully saturated rings. The number of pyridine rings is 1. The number of halogens is 2. The molecule has 0 saturated heterocycles. The number of carbonyl (C=O) groups is 1. The number of aryl methyl sites for hydroxylation is 1. The number of H-pyrrole nitrogens is 1. The van der Waals surface area contributed by atoms with Gasteiger partial charge in [0, 0.05) is 23.1 Å². The van der Waals surface area contributed by atoms with Crippen molar-refractivity contribution in [2.24, 2.45) is 0 Å². The highest BCUT2D eigenvalue weighted by molar-refractivity contribution is 6.42. The Morgan fingerprint density at radius 1 is 1.15 bits per heavy atom. The summed E-state index contributed by atoms with van der Waals surface area (Å²) in [6.07, 6.45) is 1.33. The van der Waals surface area contributed by atoms with E-state index in [1.807, 2.05) is 6.07 Å². The zero-order chi connectivity index (χ0) is 19.6. The molecule has 1 aromatic heterocycles. The third-order valence-electron chi connectivity index (χ3n) is 4.15. The van der Waals surface area contributed by atoms with Crippen LogP contribution in [0.1, 0.15) is 22.3 Å². The van der Waals surface area contributed by atoms with Crippen LogP contribution in [0.2, 0.25) is 10.0 Å². The number of rotatable bonds is 5. The molecule has 0 saturated carbocycles. The van der Waals surface area contributed by atoms with Crippen LogP contribution in [0.3, 0.4) is 0 Å². The number of aromatic amines is 1. The maximum absolute atomic E-state index is 12.5. The first-order valence-electron chi connectivity index (χ1n) is 8.23. The lowest BCUT2D eigenvalue weighted by atomic mass is 10.1. The summed E-state index contributed by atoms with van der Waals surface area (Å²) < 4.78 is 0. The van der Waals surface area contributed by atoms with Crippen molar-refractivity contribution < 1.29 is 9.90 Å². The van der Waals surface area contributed by atoms with Gasteiger partial charge in [-0.1, -0.05) is 29.3 Å². The molecule has 3 rings (SSSR count). The lowest BCUT2D eigenvalue weighted by molar-refractivity contribution is 0.0952. The summed E-state index contributed by atoms with van der Waals surface area (Å²) in [5, 5.41) is 14.2. The molecule has 2 aromatic carbocycles. The molecule has 6 nitrogen and oxygen atoms in total. The van der Waals surface area contributed by atoms with Gasteiger partial charge >= 0.3 is 0 Å². The Labute approximate surface area is 164 Å². The quantitative estimate of drug-likeness (QED) is 0.384. The van der Waals surface area contributed by atoms with Gasteiger partial charge in [0.25, 0.3) is 11.5 Å². The van der Waals surface area contributed by atoms with Crippen LogP contribution < -0.4 is 16.6 Å². The Bertz CT molecular complexity index is 1080. The van der Waals surface area contributed by atoms with Gasteiger partial charge in [0.2, 0.25) is 0 Å². The second-order valence-corrected chi connectivity index (χ2v) is 6.91. The van der Waals surface area contributed by atoms with Crippen molar-refractivity contribution in [3.63, 3.8) is 0 Å². The number of aromatic nitrogens is 1. The molecule has 1 heterocycles. The van der Waals surface area contributed by atoms with E-state index in [0.29, 0.717) is 46.0 Å². The van der Waals surface area contributed by atoms with Gasteiger partial charge in [-0.3, -0.25) is 9.59 Å². The van der Waals surface area contributed by atoms with Gasteiger partial charge in [-0.2, -0.15) is 0 Å². The van der Waals surface area contributed by atoms with Crippen LogP contribution in [0.25, 0.3) is 10.9 Å². The summed E-state index contributed by atoms with van der Waals surface area (Å²) in [5.74, 6) is -1.17. The van der Waals surface area contributed by atoms with Gasteiger partial charge in [0.05, 0.1) is 15.6 Å². The summed E-state index contributed by atoms with van der Waals surface area (Å²) in [5.41, 5.74) is 6.79. The minimum atomic E-state index is -0.728. The highest BCUT2D eigenvalue weighted by Gasteiger charge is 2.18. The summed E-state index contributed by atoms with van der Waals surface area (Å²) in [7, 11) is 0. The fourth-order valence-electron chi connectivity index (χ4n) is 2.81. The van der Waals surface area contributed by atoms with E-state index < -0.39 is 17.2 Å². The number of carbonyl (C=O) groups excluding carboxylic acids is 1. The minimum Gasteiger partial charge on any atom is -0.502 e. The number of anilines is 1. The van der Waals surface area contributed by atoms with Crippen LogP contribution >= 0.6 is 23.2 Å². The molecule has 0 atom stereocenters. The second-order valence-electron chi connectivity index (χ2n) is 6.09. The Morgan fingerprint density at radius 3 is 2.67 bits per heavy atom. The number of nitrogen functional groups attached to an aromatic ring is 1. The zero-order valence-corrected chi connectivity index (χ0v) is 15.7. The predicted molar refractivity (Wildman–Crippen MR) is 108 cm³/mol. The van der Waals surface area contributed by atoms with Gasteiger partial charge < -0.3 is 21.1 Å². The van der Waals surface area contributed by atoms with Crippen molar-refractivity contribution in [2.45, 2.75) is 12.8 Å². The van der Waals surface area contributed by atoms with E-state index in [1.165, 1.54) is 6.07 Å². The first kappa shape index (κ1) is 19.1. The lowest BCUT2D eigenvalue weighted by Gasteiger charge is -2.10. The summed E-state index contributed by atoms with van der Waals surface area (Å²) in [6, 6.07) is 10.1. The van der Waals surface area contributed by atoms with Crippen molar-refractivity contribution in [3.8, 4) is 5.75 Å². The molecule has 0 aliphatic heterocycles. The summed E-state index contributed by atoms with van der Waals surface area (Å²) in [6.45, 7) is 0.356. The Hall–Kier alpha value is -2.70. The van der Waals surface area contributed by atoms with Gasteiger partial charge in [-0.05, 0) is 48.7 Å². The van der Waals surface area contributed by atoms with Crippen LogP contribution in [-0.4, -0.2) is 22.5 Å². The van der Waals surface area contributed by atoms with Gasteiger partial charge in [0.1, 0.15) is 0 Å². The third-order valence-corrected chi connectivity index (χ3v) is 4.89. The van der Waals surface area contributed by atoms with E-state index in [-0.39, 0.29) is 5.56 Å². The molecular formula is C19H17Cl2N3O3. The monoisotopic (exact) mass is 405 g/mol. The molecule has 0 aliphatic rings. The molecule has 0 aliphatic carbocycles. The minimum absolute atomic E-state index is 0.0874. The van der Waals surface area contributed by atoms with Crippen LogP contribution in [0.15, 0.2) is 41.2 Å². The normalized spacial score (nSPS) is 10.9. The number of hydrogen-bond donors (Lipinski definition) is 4. The molecule has 5 N–H and O–H groups in total. The number of hydrogen-bond acceptors (Lipinski definition) is 4. The van der Waals surface area contributed by atoms with Gasteiger partial charge in [-0.25, -0.2) is 0 Å². The molecule has 0 radical (unpaired) electrons. The van der Waals surface area contributed by atoms with E-state index in [4.69, 9.17) is 28.9 Å². The summed E-state index contributed by atoms with van der Waals surface area (Å²) in [4.78, 5) is 26.9. The van der Waals surface area contributed by atoms with Crippen molar-refractivity contribution in [3.05, 3.63) is 67.9 Å². The van der Waals surface area contributed by atoms with Crippen molar-refractivity contribution in [1.82, 2.24) is 10.3 Å². The molecule has 0 spiro atoms. The lowest BCUT2D eigenvalue weighted by Crippen LogP contribution is -2.27. The van der Waals surface area contributed by atoms with E-state index >= 15 is 0 Å². The number of aromatic hydroxyl groups is 1. The van der Waals surface area contributed by atoms with Crippen molar-refractivity contribution in [1.29, 1.82) is 0 Å². The van der Waals surface area contributed by atoms with Crippen LogP contribution in [-0.2, 0) is 6.42 Å². The average molecular weight is 406 g/mol. The fourth-order valence-corrected chi connectivity index (χ4v) is 3.13. The Kier molecular flexibility index (Phi) is 5.58. The number of nitrogens with two attached hydrogens (primary N) is 1. The van der Waals surface area contributed by atoms with Crippen molar-refractivity contribution in [2.75, 3.05) is 12.3 Å². The molecule has 1 amide bonds. The second kappa shape index (κ2) is 7.90. The fraction of sp³-hybridized carbons (Fsp3) is 0.158. The van der Waals surface area contributed by atoms with Crippen LogP contribution in [0.4, 0.5) is 5.69 Å². The first-order chi connectivity index (χ1) is 12.9. The van der Waals surface area contributed by atoms with E-state index in [2.05, 4.69) is 10.3 Å². The topological polar surface area (TPSA) is 108 Å². The highest BCUT2D eigenvalue weighted by atomic mass is 35.5. The molecule has 0 bridgehead atoms. The smallest absolute Gasteiger partial charge is 0.291 e. The van der Waals surface area contributed by atoms with Gasteiger partial charge in [0.15, 0.2) is 5.75 Å². The maximum Gasteiger partial charge on any atom is 0.291 e. The number of nitrogens with one attached hydrogen (secondary N) is 2. The molecule has 3 aromatic rings. The van der Waals surface area contributed by atoms with Gasteiger partial charge in [-0.15, -0.1) is 0 Å². The molecular weight excluding hydrogens is 389 g/mol. The molecule has 27 heavy (non-hydrogen) atoms. The Balaban J connectivity index is 1.72. The SMILES string of the molecule is Nc1ccc2[nH]c(=O)c(O)c(C(=O)NCCCc3ccc(Cl)c(Cl)c3)c2c1. The third kappa shape index (κ3) is 4.18. The zero-order valence-electron chi connectivity index (χ0n) is 14.2. The standard InChI is InChI=1S/C19H17Cl2N3O3/c20-13-5-3-10(8-14(13)21)2-1-7-23-18(26)16-12-9-11(22)4-6-15(12)24-19(27)17(16)25/h3-6,8-9,25H,1-2,7,22H2,(H,23,26)(H,24,27). The van der Waals surface area contributed by atoms with E-state index in [1.54, 1.807) is 24.3 Å². The van der Waals surface area contributed by atoms with Crippen LogP contribution in [0, 0.1) is 0 Å². The summed E-state index contributed by atoms with van der Waals surface area (Å²) >= 11 is 11.9. The number of fused-ring (bicyclic) bond motifs is 1.